The first-order chi connectivity index (χ1) is 11.8. The third kappa shape index (κ3) is 3.90. The van der Waals surface area contributed by atoms with E-state index >= 15 is 0 Å². The van der Waals surface area contributed by atoms with Crippen LogP contribution in [0.3, 0.4) is 0 Å². The molecule has 134 valence electrons. The monoisotopic (exact) mass is 354 g/mol. The van der Waals surface area contributed by atoms with Gasteiger partial charge in [-0.25, -0.2) is 4.98 Å². The van der Waals surface area contributed by atoms with Gasteiger partial charge in [-0.1, -0.05) is 0 Å². The highest BCUT2D eigenvalue weighted by Gasteiger charge is 2.35. The van der Waals surface area contributed by atoms with Gasteiger partial charge in [-0.05, 0) is 12.1 Å². The number of benzene rings is 1. The van der Waals surface area contributed by atoms with Crippen LogP contribution in [0, 0.1) is 0 Å². The number of nitrogens with two attached hydrogens (primary N) is 1. The van der Waals surface area contributed by atoms with Crippen molar-refractivity contribution < 1.29 is 17.9 Å². The number of aliphatic imine (C=N–C) groups is 1. The zero-order valence-corrected chi connectivity index (χ0v) is 13.8. The summed E-state index contributed by atoms with van der Waals surface area (Å²) in [7, 11) is 4.37. The van der Waals surface area contributed by atoms with Crippen LogP contribution in [0.4, 0.5) is 36.3 Å². The number of hydrogen-bond donors (Lipinski definition) is 3. The predicted molar refractivity (Wildman–Crippen MR) is 90.8 cm³/mol. The van der Waals surface area contributed by atoms with E-state index in [1.807, 2.05) is 0 Å². The molecule has 0 aliphatic rings. The summed E-state index contributed by atoms with van der Waals surface area (Å²) in [6.45, 7) is 0. The van der Waals surface area contributed by atoms with Gasteiger partial charge in [0.1, 0.15) is 17.1 Å². The number of alkyl halides is 3. The molecule has 0 unspecified atom stereocenters. The fourth-order valence-corrected chi connectivity index (χ4v) is 2.13. The van der Waals surface area contributed by atoms with Crippen molar-refractivity contribution in [2.24, 2.45) is 4.99 Å². The van der Waals surface area contributed by atoms with Gasteiger partial charge >= 0.3 is 6.18 Å². The van der Waals surface area contributed by atoms with Crippen molar-refractivity contribution in [3.05, 3.63) is 29.5 Å². The fourth-order valence-electron chi connectivity index (χ4n) is 2.13. The average Bonchev–Trinajstić information content (AvgIpc) is 2.57. The number of ether oxygens (including phenoxy) is 1. The predicted octanol–water partition coefficient (Wildman–Crippen LogP) is 2.92. The Balaban J connectivity index is 2.51. The Morgan fingerprint density at radius 3 is 2.60 bits per heavy atom. The van der Waals surface area contributed by atoms with Gasteiger partial charge in [0.05, 0.1) is 12.8 Å². The van der Waals surface area contributed by atoms with Crippen LogP contribution in [0.2, 0.25) is 0 Å². The molecule has 0 amide bonds. The molecular formula is C15H17F3N6O. The molecule has 0 bridgehead atoms. The second-order valence-electron chi connectivity index (χ2n) is 4.86. The van der Waals surface area contributed by atoms with Gasteiger partial charge in [0.25, 0.3) is 0 Å². The summed E-state index contributed by atoms with van der Waals surface area (Å²) in [5, 5.41) is 5.26. The highest BCUT2D eigenvalue weighted by Crippen LogP contribution is 2.36. The van der Waals surface area contributed by atoms with Crippen molar-refractivity contribution in [1.82, 2.24) is 9.97 Å². The lowest BCUT2D eigenvalue weighted by atomic mass is 10.1. The van der Waals surface area contributed by atoms with Gasteiger partial charge in [-0.3, -0.25) is 4.99 Å². The number of methoxy groups -OCH3 is 1. The van der Waals surface area contributed by atoms with Crippen LogP contribution < -0.4 is 21.1 Å². The number of anilines is 4. The summed E-state index contributed by atoms with van der Waals surface area (Å²) < 4.78 is 44.1. The lowest BCUT2D eigenvalue weighted by Gasteiger charge is -2.16. The van der Waals surface area contributed by atoms with E-state index in [9.17, 15) is 13.2 Å². The van der Waals surface area contributed by atoms with E-state index in [4.69, 9.17) is 10.5 Å². The maximum Gasteiger partial charge on any atom is 0.421 e. The molecule has 2 rings (SSSR count). The smallest absolute Gasteiger partial charge is 0.421 e. The van der Waals surface area contributed by atoms with Gasteiger partial charge in [0, 0.05) is 37.8 Å². The minimum atomic E-state index is -4.56. The first-order valence-corrected chi connectivity index (χ1v) is 7.09. The molecule has 0 fully saturated rings. The standard InChI is InChI=1S/C15H17F3N6O/c1-20-6-8-10(19)4-5-11(25-3)12(8)23-14-22-7-9(15(16,17)18)13(21-2)24-14/h4-7H,19H2,1-3H3,(H2,21,22,23,24). The van der Waals surface area contributed by atoms with Crippen molar-refractivity contribution in [2.75, 3.05) is 37.6 Å². The highest BCUT2D eigenvalue weighted by molar-refractivity contribution is 5.97. The van der Waals surface area contributed by atoms with Crippen LogP contribution in [0.5, 0.6) is 5.75 Å². The molecule has 0 saturated heterocycles. The van der Waals surface area contributed by atoms with E-state index in [0.29, 0.717) is 28.9 Å². The fraction of sp³-hybridized carbons (Fsp3) is 0.267. The summed E-state index contributed by atoms with van der Waals surface area (Å²) in [6.07, 6.45) is -2.36. The number of halogens is 3. The number of hydrogen-bond acceptors (Lipinski definition) is 7. The topological polar surface area (TPSA) is 97.5 Å². The van der Waals surface area contributed by atoms with E-state index in [1.165, 1.54) is 20.4 Å². The summed E-state index contributed by atoms with van der Waals surface area (Å²) in [4.78, 5) is 11.5. The summed E-state index contributed by atoms with van der Waals surface area (Å²) in [6, 6.07) is 3.25. The van der Waals surface area contributed by atoms with Crippen molar-refractivity contribution in [3.63, 3.8) is 0 Å². The first-order valence-electron chi connectivity index (χ1n) is 7.09. The molecule has 2 aromatic rings. The summed E-state index contributed by atoms with van der Waals surface area (Å²) in [5.74, 6) is 0.0178. The Morgan fingerprint density at radius 1 is 1.32 bits per heavy atom. The molecule has 4 N–H and O–H groups in total. The Morgan fingerprint density at radius 2 is 2.04 bits per heavy atom. The van der Waals surface area contributed by atoms with Crippen molar-refractivity contribution in [3.8, 4) is 5.75 Å². The molecule has 25 heavy (non-hydrogen) atoms. The highest BCUT2D eigenvalue weighted by atomic mass is 19.4. The zero-order chi connectivity index (χ0) is 18.6. The molecule has 1 heterocycles. The van der Waals surface area contributed by atoms with Gasteiger partial charge < -0.3 is 21.1 Å². The Labute approximate surface area is 142 Å². The molecule has 1 aromatic heterocycles. The molecule has 0 aliphatic carbocycles. The van der Waals surface area contributed by atoms with Crippen LogP contribution in [-0.4, -0.2) is 37.4 Å². The Bertz CT molecular complexity index is 792. The number of nitrogen functional groups attached to an aromatic ring is 1. The molecule has 10 heteroatoms. The molecular weight excluding hydrogens is 337 g/mol. The van der Waals surface area contributed by atoms with Gasteiger partial charge in [-0.15, -0.1) is 0 Å². The molecule has 0 atom stereocenters. The Hall–Kier alpha value is -3.04. The number of nitrogens with zero attached hydrogens (tertiary/aromatic N) is 3. The molecule has 1 aromatic carbocycles. The van der Waals surface area contributed by atoms with E-state index in [-0.39, 0.29) is 11.8 Å². The molecule has 0 saturated carbocycles. The van der Waals surface area contributed by atoms with E-state index in [2.05, 4.69) is 25.6 Å². The largest absolute Gasteiger partial charge is 0.495 e. The van der Waals surface area contributed by atoms with E-state index < -0.39 is 11.7 Å². The molecule has 0 aliphatic heterocycles. The number of aromatic nitrogens is 2. The van der Waals surface area contributed by atoms with Crippen molar-refractivity contribution >= 4 is 29.4 Å². The molecule has 0 spiro atoms. The average molecular weight is 354 g/mol. The van der Waals surface area contributed by atoms with E-state index in [0.717, 1.165) is 0 Å². The second-order valence-corrected chi connectivity index (χ2v) is 4.86. The minimum Gasteiger partial charge on any atom is -0.495 e. The third-order valence-electron chi connectivity index (χ3n) is 3.29. The lowest BCUT2D eigenvalue weighted by molar-refractivity contribution is -0.137. The maximum atomic E-state index is 12.9. The SMILES string of the molecule is CN=Cc1c(N)ccc(OC)c1Nc1ncc(C(F)(F)F)c(NC)n1. The number of nitrogens with one attached hydrogen (secondary N) is 2. The normalized spacial score (nSPS) is 11.6. The summed E-state index contributed by atoms with van der Waals surface area (Å²) in [5.41, 5.74) is 6.29. The van der Waals surface area contributed by atoms with Crippen molar-refractivity contribution in [2.45, 2.75) is 6.18 Å². The minimum absolute atomic E-state index is 0.0491. The zero-order valence-electron chi connectivity index (χ0n) is 13.8. The van der Waals surface area contributed by atoms with Gasteiger partial charge in [0.2, 0.25) is 5.95 Å². The van der Waals surface area contributed by atoms with Crippen LogP contribution in [0.1, 0.15) is 11.1 Å². The maximum absolute atomic E-state index is 12.9. The van der Waals surface area contributed by atoms with Crippen LogP contribution in [0.15, 0.2) is 23.3 Å². The van der Waals surface area contributed by atoms with Gasteiger partial charge in [-0.2, -0.15) is 18.2 Å². The second kappa shape index (κ2) is 7.24. The lowest BCUT2D eigenvalue weighted by Crippen LogP contribution is -2.13. The van der Waals surface area contributed by atoms with Crippen LogP contribution >= 0.6 is 0 Å². The van der Waals surface area contributed by atoms with Crippen molar-refractivity contribution in [1.29, 1.82) is 0 Å². The van der Waals surface area contributed by atoms with E-state index in [1.54, 1.807) is 19.2 Å². The summed E-state index contributed by atoms with van der Waals surface area (Å²) >= 11 is 0. The third-order valence-corrected chi connectivity index (χ3v) is 3.29. The van der Waals surface area contributed by atoms with Crippen LogP contribution in [-0.2, 0) is 6.18 Å². The molecule has 7 nitrogen and oxygen atoms in total. The molecule has 0 radical (unpaired) electrons. The Kier molecular flexibility index (Phi) is 5.30. The van der Waals surface area contributed by atoms with Gasteiger partial charge in [0.15, 0.2) is 0 Å². The first kappa shape index (κ1) is 18.3. The number of rotatable bonds is 5. The van der Waals surface area contributed by atoms with Crippen LogP contribution in [0.25, 0.3) is 0 Å². The quantitative estimate of drug-likeness (QED) is 0.564.